The number of para-hydroxylation sites is 3. The predicted molar refractivity (Wildman–Crippen MR) is 98.5 cm³/mol. The quantitative estimate of drug-likeness (QED) is 0.747. The van der Waals surface area contributed by atoms with Crippen molar-refractivity contribution in [1.29, 1.82) is 0 Å². The molecule has 0 radical (unpaired) electrons. The fourth-order valence-corrected chi connectivity index (χ4v) is 2.96. The Labute approximate surface area is 150 Å². The monoisotopic (exact) mass is 347 g/mol. The van der Waals surface area contributed by atoms with Gasteiger partial charge in [0, 0.05) is 18.1 Å². The van der Waals surface area contributed by atoms with Gasteiger partial charge in [0.25, 0.3) is 0 Å². The van der Waals surface area contributed by atoms with Crippen molar-refractivity contribution < 1.29 is 9.59 Å². The molecule has 7 nitrogen and oxygen atoms in total. The third kappa shape index (κ3) is 3.02. The summed E-state index contributed by atoms with van der Waals surface area (Å²) in [7, 11) is 0. The third-order valence-corrected chi connectivity index (χ3v) is 4.24. The standard InChI is InChI=1S/C19H17N5O2/c25-18-16(22-19(26)23-11-10-20-13-23)12-24(14-6-2-1-3-7-14)17-9-5-4-8-15(17)21-18/h1-11,13,16H,12H2,(H,21,25)(H,22,26). The number of hydrogen-bond donors (Lipinski definition) is 2. The highest BCUT2D eigenvalue weighted by molar-refractivity contribution is 6.02. The fraction of sp³-hybridized carbons (Fsp3) is 0.105. The van der Waals surface area contributed by atoms with Crippen molar-refractivity contribution in [2.24, 2.45) is 0 Å². The maximum atomic E-state index is 12.7. The van der Waals surface area contributed by atoms with Gasteiger partial charge in [-0.05, 0) is 24.3 Å². The van der Waals surface area contributed by atoms with Crippen LogP contribution in [0.4, 0.5) is 21.9 Å². The zero-order chi connectivity index (χ0) is 17.9. The van der Waals surface area contributed by atoms with Crippen LogP contribution in [0.2, 0.25) is 0 Å². The zero-order valence-electron chi connectivity index (χ0n) is 13.9. The molecule has 1 aliphatic heterocycles. The molecule has 26 heavy (non-hydrogen) atoms. The number of hydrogen-bond acceptors (Lipinski definition) is 4. The molecule has 2 aromatic carbocycles. The summed E-state index contributed by atoms with van der Waals surface area (Å²) in [6.07, 6.45) is 4.44. The lowest BCUT2D eigenvalue weighted by Gasteiger charge is -2.26. The number of imidazole rings is 1. The average Bonchev–Trinajstić information content (AvgIpc) is 3.17. The Kier molecular flexibility index (Phi) is 4.10. The van der Waals surface area contributed by atoms with Crippen molar-refractivity contribution in [3.63, 3.8) is 0 Å². The van der Waals surface area contributed by atoms with E-state index in [4.69, 9.17) is 0 Å². The number of benzene rings is 2. The first-order valence-corrected chi connectivity index (χ1v) is 8.24. The average molecular weight is 347 g/mol. The highest BCUT2D eigenvalue weighted by Gasteiger charge is 2.30. The van der Waals surface area contributed by atoms with Gasteiger partial charge in [0.1, 0.15) is 12.4 Å². The van der Waals surface area contributed by atoms with Gasteiger partial charge in [0.15, 0.2) is 0 Å². The molecule has 1 aromatic heterocycles. The minimum absolute atomic E-state index is 0.260. The normalized spacial score (nSPS) is 16.4. The van der Waals surface area contributed by atoms with Crippen LogP contribution in [0, 0.1) is 0 Å². The van der Waals surface area contributed by atoms with Crippen LogP contribution in [0.5, 0.6) is 0 Å². The fourth-order valence-electron chi connectivity index (χ4n) is 2.96. The molecule has 1 atom stereocenters. The Balaban J connectivity index is 1.68. The van der Waals surface area contributed by atoms with Crippen LogP contribution < -0.4 is 15.5 Å². The first-order chi connectivity index (χ1) is 12.7. The minimum Gasteiger partial charge on any atom is -0.337 e. The Hall–Kier alpha value is -3.61. The van der Waals surface area contributed by atoms with Crippen LogP contribution in [0.1, 0.15) is 0 Å². The van der Waals surface area contributed by atoms with E-state index in [2.05, 4.69) is 15.6 Å². The second-order valence-electron chi connectivity index (χ2n) is 5.92. The van der Waals surface area contributed by atoms with E-state index in [1.165, 1.54) is 23.3 Å². The van der Waals surface area contributed by atoms with Gasteiger partial charge in [0.2, 0.25) is 5.91 Å². The molecule has 0 saturated carbocycles. The molecule has 0 aliphatic carbocycles. The second-order valence-corrected chi connectivity index (χ2v) is 5.92. The molecule has 0 spiro atoms. The number of aromatic nitrogens is 2. The maximum absolute atomic E-state index is 12.7. The Morgan fingerprint density at radius 3 is 2.65 bits per heavy atom. The van der Waals surface area contributed by atoms with E-state index in [0.717, 1.165) is 11.4 Å². The van der Waals surface area contributed by atoms with Crippen molar-refractivity contribution in [3.8, 4) is 0 Å². The van der Waals surface area contributed by atoms with E-state index in [1.54, 1.807) is 0 Å². The molecule has 3 aromatic rings. The molecule has 7 heteroatoms. The molecule has 0 fully saturated rings. The molecular weight excluding hydrogens is 330 g/mol. The van der Waals surface area contributed by atoms with Gasteiger partial charge >= 0.3 is 6.03 Å². The van der Waals surface area contributed by atoms with E-state index in [9.17, 15) is 9.59 Å². The van der Waals surface area contributed by atoms with Crippen molar-refractivity contribution in [2.75, 3.05) is 16.8 Å². The van der Waals surface area contributed by atoms with Crippen LogP contribution in [-0.2, 0) is 4.79 Å². The molecule has 4 rings (SSSR count). The van der Waals surface area contributed by atoms with Crippen molar-refractivity contribution in [1.82, 2.24) is 14.9 Å². The number of nitrogens with zero attached hydrogens (tertiary/aromatic N) is 3. The third-order valence-electron chi connectivity index (χ3n) is 4.24. The largest absolute Gasteiger partial charge is 0.337 e. The number of fused-ring (bicyclic) bond motifs is 1. The van der Waals surface area contributed by atoms with Crippen molar-refractivity contribution in [3.05, 3.63) is 73.3 Å². The molecule has 0 bridgehead atoms. The number of amides is 2. The highest BCUT2D eigenvalue weighted by Crippen LogP contribution is 2.34. The number of carbonyl (C=O) groups excluding carboxylic acids is 2. The first kappa shape index (κ1) is 15.9. The van der Waals surface area contributed by atoms with Crippen LogP contribution in [0.3, 0.4) is 0 Å². The summed E-state index contributed by atoms with van der Waals surface area (Å²) < 4.78 is 1.30. The van der Waals surface area contributed by atoms with Crippen LogP contribution in [-0.4, -0.2) is 34.1 Å². The lowest BCUT2D eigenvalue weighted by molar-refractivity contribution is -0.117. The van der Waals surface area contributed by atoms with Gasteiger partial charge in [-0.15, -0.1) is 0 Å². The molecule has 0 saturated heterocycles. The smallest absolute Gasteiger partial charge is 0.327 e. The summed E-state index contributed by atoms with van der Waals surface area (Å²) >= 11 is 0. The Morgan fingerprint density at radius 1 is 1.12 bits per heavy atom. The van der Waals surface area contributed by atoms with E-state index < -0.39 is 12.1 Å². The second kappa shape index (κ2) is 6.72. The lowest BCUT2D eigenvalue weighted by atomic mass is 10.2. The number of rotatable bonds is 2. The summed E-state index contributed by atoms with van der Waals surface area (Å²) in [6, 6.07) is 16.2. The van der Waals surface area contributed by atoms with E-state index in [-0.39, 0.29) is 5.91 Å². The van der Waals surface area contributed by atoms with Crippen LogP contribution in [0.25, 0.3) is 0 Å². The molecule has 1 unspecified atom stereocenters. The molecule has 130 valence electrons. The maximum Gasteiger partial charge on any atom is 0.327 e. The molecule has 2 amide bonds. The topological polar surface area (TPSA) is 79.3 Å². The minimum atomic E-state index is -0.725. The van der Waals surface area contributed by atoms with Crippen LogP contribution in [0.15, 0.2) is 73.3 Å². The van der Waals surface area contributed by atoms with Gasteiger partial charge in [-0.2, -0.15) is 0 Å². The number of nitrogens with one attached hydrogen (secondary N) is 2. The molecule has 2 N–H and O–H groups in total. The van der Waals surface area contributed by atoms with Crippen molar-refractivity contribution >= 4 is 29.0 Å². The lowest BCUT2D eigenvalue weighted by Crippen LogP contribution is -2.49. The number of anilines is 3. The Bertz CT molecular complexity index is 924. The number of carbonyl (C=O) groups is 2. The first-order valence-electron chi connectivity index (χ1n) is 8.24. The summed E-state index contributed by atoms with van der Waals surface area (Å²) in [6.45, 7) is 0.313. The summed E-state index contributed by atoms with van der Waals surface area (Å²) in [5.41, 5.74) is 2.53. The predicted octanol–water partition coefficient (Wildman–Crippen LogP) is 2.60. The van der Waals surface area contributed by atoms with Crippen molar-refractivity contribution in [2.45, 2.75) is 6.04 Å². The molecule has 1 aliphatic rings. The summed E-state index contributed by atoms with van der Waals surface area (Å²) in [4.78, 5) is 30.9. The van der Waals surface area contributed by atoms with Gasteiger partial charge in [0.05, 0.1) is 17.9 Å². The molecule has 2 heterocycles. The Morgan fingerprint density at radius 2 is 1.88 bits per heavy atom. The molecular formula is C19H17N5O2. The summed E-state index contributed by atoms with van der Waals surface area (Å²) in [5, 5.41) is 5.68. The summed E-state index contributed by atoms with van der Waals surface area (Å²) in [5.74, 6) is -0.260. The SMILES string of the molecule is O=C1Nc2ccccc2N(c2ccccc2)CC1NC(=O)n1ccnc1. The highest BCUT2D eigenvalue weighted by atomic mass is 16.2. The van der Waals surface area contributed by atoms with E-state index in [0.29, 0.717) is 12.2 Å². The van der Waals surface area contributed by atoms with Gasteiger partial charge < -0.3 is 15.5 Å². The van der Waals surface area contributed by atoms with Gasteiger partial charge in [-0.25, -0.2) is 9.78 Å². The van der Waals surface area contributed by atoms with E-state index in [1.807, 2.05) is 59.5 Å². The van der Waals surface area contributed by atoms with Gasteiger partial charge in [-0.3, -0.25) is 9.36 Å². The van der Waals surface area contributed by atoms with Crippen LogP contribution >= 0.6 is 0 Å². The zero-order valence-corrected chi connectivity index (χ0v) is 13.9. The van der Waals surface area contributed by atoms with E-state index >= 15 is 0 Å². The van der Waals surface area contributed by atoms with Gasteiger partial charge in [-0.1, -0.05) is 30.3 Å².